The fourth-order valence-corrected chi connectivity index (χ4v) is 5.01. The molecule has 0 atom stereocenters. The van der Waals surface area contributed by atoms with E-state index in [9.17, 15) is 13.2 Å². The van der Waals surface area contributed by atoms with Crippen LogP contribution in [0.2, 0.25) is 0 Å². The summed E-state index contributed by atoms with van der Waals surface area (Å²) in [4.78, 5) is 11.8. The van der Waals surface area contributed by atoms with Gasteiger partial charge in [0.25, 0.3) is 10.0 Å². The summed E-state index contributed by atoms with van der Waals surface area (Å²) in [5.41, 5.74) is 1.48. The number of benzene rings is 2. The first-order valence-electron chi connectivity index (χ1n) is 8.75. The number of amides is 1. The Labute approximate surface area is 167 Å². The first-order valence-corrected chi connectivity index (χ1v) is 11.0. The van der Waals surface area contributed by atoms with Crippen molar-refractivity contribution in [3.05, 3.63) is 53.3 Å². The van der Waals surface area contributed by atoms with Gasteiger partial charge in [0, 0.05) is 25.8 Å². The van der Waals surface area contributed by atoms with Gasteiger partial charge >= 0.3 is 0 Å². The van der Waals surface area contributed by atoms with Gasteiger partial charge in [0.1, 0.15) is 0 Å². The van der Waals surface area contributed by atoms with Crippen molar-refractivity contribution in [2.24, 2.45) is 4.40 Å². The Morgan fingerprint density at radius 1 is 1.21 bits per heavy atom. The summed E-state index contributed by atoms with van der Waals surface area (Å²) in [5.74, 6) is -0.170. The summed E-state index contributed by atoms with van der Waals surface area (Å²) < 4.78 is 37.6. The summed E-state index contributed by atoms with van der Waals surface area (Å²) in [6.45, 7) is 4.82. The van der Waals surface area contributed by atoms with Gasteiger partial charge in [0.2, 0.25) is 10.7 Å². The Bertz CT molecular complexity index is 1150. The molecule has 0 fully saturated rings. The number of fused-ring (bicyclic) bond motifs is 1. The fourth-order valence-electron chi connectivity index (χ4n) is 2.69. The number of aromatic nitrogens is 1. The largest absolute Gasteiger partial charge is 0.380 e. The Hall–Kier alpha value is -2.49. The van der Waals surface area contributed by atoms with Crippen molar-refractivity contribution in [2.75, 3.05) is 18.5 Å². The zero-order valence-electron chi connectivity index (χ0n) is 15.6. The van der Waals surface area contributed by atoms with E-state index in [1.165, 1.54) is 30.4 Å². The normalized spacial score (nSPS) is 12.4. The van der Waals surface area contributed by atoms with E-state index in [1.807, 2.05) is 23.6 Å². The first-order chi connectivity index (χ1) is 13.4. The van der Waals surface area contributed by atoms with Crippen LogP contribution >= 0.6 is 11.3 Å². The lowest BCUT2D eigenvalue weighted by atomic mass is 10.3. The van der Waals surface area contributed by atoms with E-state index in [0.29, 0.717) is 30.2 Å². The molecule has 1 heterocycles. The minimum atomic E-state index is -3.84. The zero-order valence-corrected chi connectivity index (χ0v) is 17.2. The van der Waals surface area contributed by atoms with Crippen LogP contribution in [0.4, 0.5) is 5.69 Å². The van der Waals surface area contributed by atoms with Gasteiger partial charge in [-0.25, -0.2) is 0 Å². The maximum Gasteiger partial charge on any atom is 0.285 e. The lowest BCUT2D eigenvalue weighted by Crippen LogP contribution is -2.19. The third-order valence-corrected chi connectivity index (χ3v) is 6.34. The predicted octanol–water partition coefficient (Wildman–Crippen LogP) is 2.99. The van der Waals surface area contributed by atoms with Crippen molar-refractivity contribution in [1.29, 1.82) is 0 Å². The number of carbonyl (C=O) groups is 1. The van der Waals surface area contributed by atoms with Gasteiger partial charge in [0.15, 0.2) is 0 Å². The van der Waals surface area contributed by atoms with Crippen LogP contribution in [0.25, 0.3) is 10.2 Å². The lowest BCUT2D eigenvalue weighted by molar-refractivity contribution is -0.114. The van der Waals surface area contributed by atoms with Crippen molar-refractivity contribution in [3.63, 3.8) is 0 Å². The first kappa shape index (κ1) is 20.2. The molecule has 0 aliphatic carbocycles. The zero-order chi connectivity index (χ0) is 20.1. The molecule has 0 aliphatic heterocycles. The van der Waals surface area contributed by atoms with Crippen molar-refractivity contribution in [2.45, 2.75) is 25.3 Å². The molecule has 148 valence electrons. The molecule has 3 rings (SSSR count). The second kappa shape index (κ2) is 8.68. The van der Waals surface area contributed by atoms with E-state index in [2.05, 4.69) is 9.71 Å². The van der Waals surface area contributed by atoms with Crippen LogP contribution in [0.3, 0.4) is 0 Å². The molecule has 0 aliphatic rings. The molecule has 9 heteroatoms. The van der Waals surface area contributed by atoms with Crippen molar-refractivity contribution in [1.82, 2.24) is 4.57 Å². The maximum absolute atomic E-state index is 12.7. The minimum Gasteiger partial charge on any atom is -0.380 e. The van der Waals surface area contributed by atoms with Crippen molar-refractivity contribution < 1.29 is 17.9 Å². The summed E-state index contributed by atoms with van der Waals surface area (Å²) in [5, 5.41) is 2.74. The van der Waals surface area contributed by atoms with Crippen LogP contribution in [0, 0.1) is 0 Å². The van der Waals surface area contributed by atoms with Gasteiger partial charge in [-0.1, -0.05) is 29.5 Å². The van der Waals surface area contributed by atoms with Gasteiger partial charge in [-0.15, -0.1) is 4.40 Å². The van der Waals surface area contributed by atoms with E-state index < -0.39 is 10.0 Å². The number of nitrogens with one attached hydrogen (secondary N) is 1. The number of hydrogen-bond acceptors (Lipinski definition) is 5. The number of carbonyl (C=O) groups excluding carboxylic acids is 1. The van der Waals surface area contributed by atoms with Crippen LogP contribution in [0.5, 0.6) is 0 Å². The van der Waals surface area contributed by atoms with E-state index in [0.717, 1.165) is 10.2 Å². The number of anilines is 1. The molecular formula is C19H21N3O4S2. The second-order valence-corrected chi connectivity index (χ2v) is 8.59. The molecule has 0 saturated heterocycles. The molecule has 0 spiro atoms. The Morgan fingerprint density at radius 2 is 1.96 bits per heavy atom. The molecule has 0 saturated carbocycles. The number of nitrogens with zero attached hydrogens (tertiary/aromatic N) is 2. The topological polar surface area (TPSA) is 89.8 Å². The molecule has 0 bridgehead atoms. The summed E-state index contributed by atoms with van der Waals surface area (Å²) in [7, 11) is -3.84. The van der Waals surface area contributed by atoms with Gasteiger partial charge in [-0.2, -0.15) is 8.42 Å². The molecule has 1 N–H and O–H groups in total. The molecule has 0 unspecified atom stereocenters. The number of thiazole rings is 1. The Morgan fingerprint density at radius 3 is 2.64 bits per heavy atom. The summed E-state index contributed by atoms with van der Waals surface area (Å²) >= 11 is 1.25. The van der Waals surface area contributed by atoms with Gasteiger partial charge in [-0.05, 0) is 37.3 Å². The van der Waals surface area contributed by atoms with E-state index in [-0.39, 0.29) is 10.8 Å². The average Bonchev–Trinajstić information content (AvgIpc) is 2.98. The molecule has 1 aromatic heterocycles. The molecular weight excluding hydrogens is 398 g/mol. The quantitative estimate of drug-likeness (QED) is 0.596. The summed E-state index contributed by atoms with van der Waals surface area (Å²) in [6, 6.07) is 13.6. The lowest BCUT2D eigenvalue weighted by Gasteiger charge is -2.06. The van der Waals surface area contributed by atoms with Gasteiger partial charge in [0.05, 0.1) is 21.7 Å². The highest BCUT2D eigenvalue weighted by Crippen LogP contribution is 2.23. The molecule has 7 nitrogen and oxygen atoms in total. The van der Waals surface area contributed by atoms with E-state index in [1.54, 1.807) is 24.3 Å². The molecule has 3 aromatic rings. The van der Waals surface area contributed by atoms with Crippen LogP contribution in [-0.4, -0.2) is 32.1 Å². The third kappa shape index (κ3) is 4.67. The Balaban J connectivity index is 2.13. The second-order valence-electron chi connectivity index (χ2n) is 5.98. The monoisotopic (exact) mass is 419 g/mol. The number of hydrogen-bond donors (Lipinski definition) is 1. The SMILES string of the molecule is CCOCCn1c(=NS(=O)(=O)c2ccccc2)sc2cc(NC(C)=O)ccc21. The number of rotatable bonds is 7. The number of sulfonamides is 1. The predicted molar refractivity (Wildman–Crippen MR) is 110 cm³/mol. The fraction of sp³-hybridized carbons (Fsp3) is 0.263. The highest BCUT2D eigenvalue weighted by molar-refractivity contribution is 7.90. The van der Waals surface area contributed by atoms with E-state index in [4.69, 9.17) is 4.74 Å². The highest BCUT2D eigenvalue weighted by Gasteiger charge is 2.15. The standard InChI is InChI=1S/C19H21N3O4S2/c1-3-26-12-11-22-17-10-9-15(20-14(2)23)13-18(17)27-19(22)21-28(24,25)16-7-5-4-6-8-16/h4-10,13H,3,11-12H2,1-2H3,(H,20,23). The third-order valence-electron chi connectivity index (χ3n) is 3.91. The van der Waals surface area contributed by atoms with E-state index >= 15 is 0 Å². The van der Waals surface area contributed by atoms with Gasteiger partial charge < -0.3 is 14.6 Å². The molecule has 0 radical (unpaired) electrons. The minimum absolute atomic E-state index is 0.141. The average molecular weight is 420 g/mol. The van der Waals surface area contributed by atoms with Gasteiger partial charge in [-0.3, -0.25) is 4.79 Å². The molecule has 2 aromatic carbocycles. The van der Waals surface area contributed by atoms with Crippen LogP contribution < -0.4 is 10.1 Å². The van der Waals surface area contributed by atoms with Crippen LogP contribution in [0.1, 0.15) is 13.8 Å². The maximum atomic E-state index is 12.7. The van der Waals surface area contributed by atoms with Crippen LogP contribution in [-0.2, 0) is 26.1 Å². The smallest absolute Gasteiger partial charge is 0.285 e. The van der Waals surface area contributed by atoms with Crippen LogP contribution in [0.15, 0.2) is 57.8 Å². The summed E-state index contributed by atoms with van der Waals surface area (Å²) in [6.07, 6.45) is 0. The van der Waals surface area contributed by atoms with Crippen molar-refractivity contribution in [3.8, 4) is 0 Å². The number of ether oxygens (including phenoxy) is 1. The molecule has 1 amide bonds. The van der Waals surface area contributed by atoms with Crippen molar-refractivity contribution >= 4 is 43.2 Å². The Kier molecular flexibility index (Phi) is 6.28. The highest BCUT2D eigenvalue weighted by atomic mass is 32.2. The molecule has 28 heavy (non-hydrogen) atoms.